The van der Waals surface area contributed by atoms with Crippen LogP contribution in [0.5, 0.6) is 11.5 Å². The number of hydrogen-bond donors (Lipinski definition) is 1. The van der Waals surface area contributed by atoms with E-state index < -0.39 is 0 Å². The lowest BCUT2D eigenvalue weighted by atomic mass is 10.3. The lowest BCUT2D eigenvalue weighted by molar-refractivity contribution is 0.408. The van der Waals surface area contributed by atoms with Crippen LogP contribution in [0.1, 0.15) is 0 Å². The zero-order chi connectivity index (χ0) is 11.4. The molecule has 0 saturated carbocycles. The minimum absolute atomic E-state index is 0.130. The number of phenolic OH excluding ortho intramolecular Hbond substituents is 1. The SMILES string of the molecule is COc1cc(O)ccc1N=Nc1nccs1. The van der Waals surface area contributed by atoms with Crippen molar-refractivity contribution in [1.29, 1.82) is 0 Å². The fraction of sp³-hybridized carbons (Fsp3) is 0.100. The first kappa shape index (κ1) is 10.6. The van der Waals surface area contributed by atoms with Crippen LogP contribution in [0.25, 0.3) is 0 Å². The second-order valence-corrected chi connectivity index (χ2v) is 3.74. The molecule has 1 heterocycles. The number of benzene rings is 1. The third-order valence-electron chi connectivity index (χ3n) is 1.83. The number of nitrogens with zero attached hydrogens (tertiary/aromatic N) is 3. The van der Waals surface area contributed by atoms with E-state index in [0.29, 0.717) is 16.6 Å². The van der Waals surface area contributed by atoms with Gasteiger partial charge in [0.2, 0.25) is 5.13 Å². The molecule has 1 aromatic carbocycles. The van der Waals surface area contributed by atoms with Gasteiger partial charge in [0.15, 0.2) is 0 Å². The van der Waals surface area contributed by atoms with Crippen molar-refractivity contribution in [2.24, 2.45) is 10.2 Å². The van der Waals surface area contributed by atoms with E-state index in [1.54, 1.807) is 12.3 Å². The minimum atomic E-state index is 0.130. The van der Waals surface area contributed by atoms with Crippen LogP contribution in [0.15, 0.2) is 40.0 Å². The Morgan fingerprint density at radius 1 is 1.38 bits per heavy atom. The molecule has 2 rings (SSSR count). The largest absolute Gasteiger partial charge is 0.508 e. The first-order chi connectivity index (χ1) is 7.79. The topological polar surface area (TPSA) is 67.1 Å². The summed E-state index contributed by atoms with van der Waals surface area (Å²) in [6.07, 6.45) is 1.66. The van der Waals surface area contributed by atoms with Gasteiger partial charge in [-0.15, -0.1) is 21.6 Å². The van der Waals surface area contributed by atoms with Crippen molar-refractivity contribution in [2.75, 3.05) is 7.11 Å². The highest BCUT2D eigenvalue weighted by Gasteiger charge is 2.03. The summed E-state index contributed by atoms with van der Waals surface area (Å²) in [6, 6.07) is 4.64. The van der Waals surface area contributed by atoms with E-state index in [1.807, 2.05) is 5.38 Å². The van der Waals surface area contributed by atoms with E-state index in [2.05, 4.69) is 15.2 Å². The van der Waals surface area contributed by atoms with Crippen LogP contribution in [-0.4, -0.2) is 17.2 Å². The van der Waals surface area contributed by atoms with E-state index in [0.717, 1.165) is 0 Å². The summed E-state index contributed by atoms with van der Waals surface area (Å²) in [5.41, 5.74) is 0.551. The smallest absolute Gasteiger partial charge is 0.229 e. The van der Waals surface area contributed by atoms with Crippen LogP contribution < -0.4 is 4.74 Å². The third-order valence-corrected chi connectivity index (χ3v) is 2.48. The van der Waals surface area contributed by atoms with Crippen LogP contribution >= 0.6 is 11.3 Å². The minimum Gasteiger partial charge on any atom is -0.508 e. The second kappa shape index (κ2) is 4.71. The molecule has 2 aromatic rings. The predicted molar refractivity (Wildman–Crippen MR) is 60.9 cm³/mol. The molecule has 1 N–H and O–H groups in total. The second-order valence-electron chi connectivity index (χ2n) is 2.87. The first-order valence-electron chi connectivity index (χ1n) is 4.48. The van der Waals surface area contributed by atoms with Gasteiger partial charge in [0.25, 0.3) is 0 Å². The highest BCUT2D eigenvalue weighted by Crippen LogP contribution is 2.32. The number of thiazole rings is 1. The van der Waals surface area contributed by atoms with E-state index in [9.17, 15) is 5.11 Å². The van der Waals surface area contributed by atoms with Crippen LogP contribution in [0.4, 0.5) is 10.8 Å². The van der Waals surface area contributed by atoms with Crippen LogP contribution in [0, 0.1) is 0 Å². The summed E-state index contributed by atoms with van der Waals surface area (Å²) in [5.74, 6) is 0.602. The molecule has 0 fully saturated rings. The molecule has 0 radical (unpaired) electrons. The Morgan fingerprint density at radius 2 is 2.25 bits per heavy atom. The monoisotopic (exact) mass is 235 g/mol. The van der Waals surface area contributed by atoms with Gasteiger partial charge >= 0.3 is 0 Å². The molecule has 0 aliphatic carbocycles. The van der Waals surface area contributed by atoms with Gasteiger partial charge in [-0.05, 0) is 12.1 Å². The van der Waals surface area contributed by atoms with Crippen molar-refractivity contribution >= 4 is 22.2 Å². The summed E-state index contributed by atoms with van der Waals surface area (Å²) in [7, 11) is 1.51. The fourth-order valence-electron chi connectivity index (χ4n) is 1.11. The maximum absolute atomic E-state index is 9.26. The zero-order valence-electron chi connectivity index (χ0n) is 8.49. The van der Waals surface area contributed by atoms with Gasteiger partial charge in [0.05, 0.1) is 7.11 Å². The van der Waals surface area contributed by atoms with Crippen LogP contribution in [0.2, 0.25) is 0 Å². The van der Waals surface area contributed by atoms with Crippen molar-refractivity contribution in [2.45, 2.75) is 0 Å². The highest BCUT2D eigenvalue weighted by molar-refractivity contribution is 7.13. The fourth-order valence-corrected chi connectivity index (χ4v) is 1.56. The Labute approximate surface area is 96.1 Å². The molecule has 0 aliphatic rings. The molecule has 0 aliphatic heterocycles. The molecule has 0 bridgehead atoms. The van der Waals surface area contributed by atoms with Crippen molar-refractivity contribution in [3.8, 4) is 11.5 Å². The maximum atomic E-state index is 9.26. The summed E-state index contributed by atoms with van der Waals surface area (Å²) in [4.78, 5) is 3.97. The Kier molecular flexibility index (Phi) is 3.11. The average molecular weight is 235 g/mol. The van der Waals surface area contributed by atoms with E-state index in [1.165, 1.54) is 30.6 Å². The molecule has 0 atom stereocenters. The normalized spacial score (nSPS) is 10.8. The van der Waals surface area contributed by atoms with Gasteiger partial charge in [-0.25, -0.2) is 4.98 Å². The Bertz CT molecular complexity index is 497. The molecule has 1 aromatic heterocycles. The lowest BCUT2D eigenvalue weighted by Gasteiger charge is -2.02. The van der Waals surface area contributed by atoms with Gasteiger partial charge in [-0.1, -0.05) is 0 Å². The number of aromatic nitrogens is 1. The number of ether oxygens (including phenoxy) is 1. The number of aromatic hydroxyl groups is 1. The third kappa shape index (κ3) is 2.34. The first-order valence-corrected chi connectivity index (χ1v) is 5.36. The van der Waals surface area contributed by atoms with E-state index in [4.69, 9.17) is 4.74 Å². The number of azo groups is 1. The molecule has 0 spiro atoms. The van der Waals surface area contributed by atoms with Gasteiger partial charge in [0, 0.05) is 17.6 Å². The standard InChI is InChI=1S/C10H9N3O2S/c1-15-9-6-7(14)2-3-8(9)12-13-10-11-4-5-16-10/h2-6,14H,1H3. The average Bonchev–Trinajstić information content (AvgIpc) is 2.80. The van der Waals surface area contributed by atoms with Crippen molar-refractivity contribution in [3.05, 3.63) is 29.8 Å². The van der Waals surface area contributed by atoms with E-state index in [-0.39, 0.29) is 5.75 Å². The zero-order valence-corrected chi connectivity index (χ0v) is 9.31. The summed E-state index contributed by atoms with van der Waals surface area (Å²) in [6.45, 7) is 0. The number of phenols is 1. The molecular weight excluding hydrogens is 226 g/mol. The van der Waals surface area contributed by atoms with Gasteiger partial charge < -0.3 is 9.84 Å². The Balaban J connectivity index is 2.27. The van der Waals surface area contributed by atoms with Crippen LogP contribution in [0.3, 0.4) is 0 Å². The molecule has 6 heteroatoms. The number of hydrogen-bond acceptors (Lipinski definition) is 6. The number of rotatable bonds is 3. The maximum Gasteiger partial charge on any atom is 0.229 e. The highest BCUT2D eigenvalue weighted by atomic mass is 32.1. The summed E-state index contributed by atoms with van der Waals surface area (Å²) in [5, 5.41) is 19.6. The molecule has 0 saturated heterocycles. The molecule has 5 nitrogen and oxygen atoms in total. The molecule has 16 heavy (non-hydrogen) atoms. The van der Waals surface area contributed by atoms with Crippen molar-refractivity contribution in [3.63, 3.8) is 0 Å². The number of methoxy groups -OCH3 is 1. The molecule has 0 unspecified atom stereocenters. The van der Waals surface area contributed by atoms with Crippen molar-refractivity contribution in [1.82, 2.24) is 4.98 Å². The molecule has 82 valence electrons. The van der Waals surface area contributed by atoms with Gasteiger partial charge in [0.1, 0.15) is 17.2 Å². The Morgan fingerprint density at radius 3 is 2.94 bits per heavy atom. The van der Waals surface area contributed by atoms with Gasteiger partial charge in [-0.3, -0.25) is 0 Å². The quantitative estimate of drug-likeness (QED) is 0.830. The van der Waals surface area contributed by atoms with Gasteiger partial charge in [-0.2, -0.15) is 0 Å². The molecule has 0 amide bonds. The Hall–Kier alpha value is -1.95. The van der Waals surface area contributed by atoms with E-state index >= 15 is 0 Å². The molecular formula is C10H9N3O2S. The summed E-state index contributed by atoms with van der Waals surface area (Å²) >= 11 is 1.40. The van der Waals surface area contributed by atoms with Crippen LogP contribution in [-0.2, 0) is 0 Å². The lowest BCUT2D eigenvalue weighted by Crippen LogP contribution is -1.82. The predicted octanol–water partition coefficient (Wildman–Crippen LogP) is 3.27. The summed E-state index contributed by atoms with van der Waals surface area (Å²) < 4.78 is 5.07. The van der Waals surface area contributed by atoms with Crippen molar-refractivity contribution < 1.29 is 9.84 Å².